The molecule has 1 fully saturated rings. The van der Waals surface area contributed by atoms with Crippen molar-refractivity contribution in [3.8, 4) is 28.7 Å². The molecule has 8 bridgehead atoms. The molecule has 0 saturated heterocycles. The number of benzene rings is 3. The summed E-state index contributed by atoms with van der Waals surface area (Å²) in [6, 6.07) is 16.1. The summed E-state index contributed by atoms with van der Waals surface area (Å²) in [6.45, 7) is 3.42. The third-order valence-electron chi connectivity index (χ3n) is 7.92. The molecule has 202 valence electrons. The van der Waals surface area contributed by atoms with Gasteiger partial charge in [0, 0.05) is 18.5 Å². The van der Waals surface area contributed by atoms with Crippen LogP contribution in [-0.2, 0) is 11.2 Å². The molecular formula is C31H32N2O6. The minimum absolute atomic E-state index is 0.127. The monoisotopic (exact) mass is 528 g/mol. The summed E-state index contributed by atoms with van der Waals surface area (Å²) >= 11 is 0. The highest BCUT2D eigenvalue weighted by Gasteiger charge is 2.49. The number of carbonyl (C=O) groups excluding carboxylic acids is 2. The first-order chi connectivity index (χ1) is 18.9. The second kappa shape index (κ2) is 9.84. The molecule has 3 heterocycles. The first-order valence-electron chi connectivity index (χ1n) is 13.4. The number of methoxy groups -OCH3 is 1. The van der Waals surface area contributed by atoms with Gasteiger partial charge in [0.15, 0.2) is 11.5 Å². The highest BCUT2D eigenvalue weighted by molar-refractivity contribution is 5.97. The molecule has 1 unspecified atom stereocenters. The Bertz CT molecular complexity index is 1450. The minimum Gasteiger partial charge on any atom is -0.507 e. The number of rotatable bonds is 2. The van der Waals surface area contributed by atoms with Gasteiger partial charge >= 0.3 is 0 Å². The fourth-order valence-electron chi connectivity index (χ4n) is 5.41. The van der Waals surface area contributed by atoms with E-state index in [4.69, 9.17) is 14.2 Å². The molecule has 8 nitrogen and oxygen atoms in total. The van der Waals surface area contributed by atoms with Gasteiger partial charge in [-0.15, -0.1) is 0 Å². The number of ether oxygens (including phenoxy) is 3. The molecule has 8 heteroatoms. The minimum atomic E-state index is -0.393. The molecular weight excluding hydrogens is 496 g/mol. The van der Waals surface area contributed by atoms with Crippen molar-refractivity contribution in [2.24, 2.45) is 5.41 Å². The molecule has 7 rings (SSSR count). The van der Waals surface area contributed by atoms with Gasteiger partial charge in [-0.1, -0.05) is 19.1 Å². The van der Waals surface area contributed by atoms with Crippen molar-refractivity contribution in [3.63, 3.8) is 0 Å². The number of amides is 2. The van der Waals surface area contributed by atoms with E-state index in [0.29, 0.717) is 55.5 Å². The molecule has 2 amide bonds. The van der Waals surface area contributed by atoms with Gasteiger partial charge in [-0.25, -0.2) is 0 Å². The van der Waals surface area contributed by atoms with Gasteiger partial charge in [0.1, 0.15) is 17.2 Å². The maximum absolute atomic E-state index is 13.7. The number of nitrogens with zero attached hydrogens (tertiary/aromatic N) is 1. The van der Waals surface area contributed by atoms with E-state index in [1.807, 2.05) is 48.2 Å². The third-order valence-corrected chi connectivity index (χ3v) is 7.92. The smallest absolute Gasteiger partial charge is 0.255 e. The van der Waals surface area contributed by atoms with Crippen LogP contribution in [0.1, 0.15) is 59.3 Å². The Morgan fingerprint density at radius 3 is 2.77 bits per heavy atom. The summed E-state index contributed by atoms with van der Waals surface area (Å²) in [7, 11) is 1.58. The molecule has 3 aromatic carbocycles. The number of nitrogens with one attached hydrogen (secondary N) is 1. The Morgan fingerprint density at radius 2 is 1.97 bits per heavy atom. The Hall–Kier alpha value is -4.20. The summed E-state index contributed by atoms with van der Waals surface area (Å²) in [5.74, 6) is 1.77. The van der Waals surface area contributed by atoms with E-state index in [9.17, 15) is 14.7 Å². The lowest BCUT2D eigenvalue weighted by Gasteiger charge is -2.39. The topological polar surface area (TPSA) is 97.3 Å². The number of hydrogen-bond donors (Lipinski definition) is 2. The molecule has 0 aromatic heterocycles. The van der Waals surface area contributed by atoms with Crippen LogP contribution in [0.3, 0.4) is 0 Å². The Morgan fingerprint density at radius 1 is 1.13 bits per heavy atom. The van der Waals surface area contributed by atoms with Gasteiger partial charge in [-0.2, -0.15) is 0 Å². The Labute approximate surface area is 227 Å². The van der Waals surface area contributed by atoms with Crippen LogP contribution >= 0.6 is 0 Å². The number of fused-ring (bicyclic) bond motifs is 6. The van der Waals surface area contributed by atoms with Crippen LogP contribution in [0.25, 0.3) is 0 Å². The lowest BCUT2D eigenvalue weighted by Crippen LogP contribution is -2.43. The van der Waals surface area contributed by atoms with Crippen molar-refractivity contribution in [1.29, 1.82) is 0 Å². The van der Waals surface area contributed by atoms with Crippen molar-refractivity contribution in [1.82, 2.24) is 10.2 Å². The fraction of sp³-hybridized carbons (Fsp3) is 0.355. The van der Waals surface area contributed by atoms with E-state index in [2.05, 4.69) is 5.32 Å². The zero-order valence-electron chi connectivity index (χ0n) is 22.2. The normalized spacial score (nSPS) is 19.6. The van der Waals surface area contributed by atoms with E-state index in [0.717, 1.165) is 29.5 Å². The first kappa shape index (κ1) is 25.1. The molecule has 3 aromatic rings. The fourth-order valence-corrected chi connectivity index (χ4v) is 5.41. The van der Waals surface area contributed by atoms with Crippen LogP contribution in [0.15, 0.2) is 54.6 Å². The molecule has 1 aliphatic carbocycles. The average Bonchev–Trinajstić information content (AvgIpc) is 3.70. The molecule has 39 heavy (non-hydrogen) atoms. The van der Waals surface area contributed by atoms with Crippen LogP contribution in [-0.4, -0.2) is 48.6 Å². The van der Waals surface area contributed by atoms with Gasteiger partial charge in [0.05, 0.1) is 25.3 Å². The number of phenolic OH excluding ortho intramolecular Hbond substituents is 1. The van der Waals surface area contributed by atoms with E-state index in [-0.39, 0.29) is 28.7 Å². The van der Waals surface area contributed by atoms with Crippen molar-refractivity contribution in [2.75, 3.05) is 26.8 Å². The van der Waals surface area contributed by atoms with Crippen LogP contribution in [0, 0.1) is 5.41 Å². The average molecular weight is 529 g/mol. The number of carbonyl (C=O) groups is 2. The molecule has 2 N–H and O–H groups in total. The standard InChI is InChI=1S/C31H32N2O6/c1-31(10-11-31)30(36)33-13-9-19-16-27-26(37-2)18-23(19)28(33)20-5-3-6-21(15-20)38-14-4-12-32-29(35)24-17-22(39-27)7-8-25(24)34/h3,5-8,15-18,28,34H,4,9-14H2,1-2H3,(H,32,35). The number of hydrogen-bond acceptors (Lipinski definition) is 6. The maximum atomic E-state index is 13.7. The summed E-state index contributed by atoms with van der Waals surface area (Å²) in [6.07, 6.45) is 3.08. The van der Waals surface area contributed by atoms with E-state index in [1.165, 1.54) is 12.1 Å². The molecule has 0 radical (unpaired) electrons. The molecule has 4 aliphatic rings. The van der Waals surface area contributed by atoms with Gasteiger partial charge in [-0.3, -0.25) is 9.59 Å². The van der Waals surface area contributed by atoms with E-state index >= 15 is 0 Å². The number of phenols is 1. The molecule has 0 spiro atoms. The van der Waals surface area contributed by atoms with Crippen LogP contribution < -0.4 is 19.5 Å². The second-order valence-corrected chi connectivity index (χ2v) is 10.7. The van der Waals surface area contributed by atoms with E-state index in [1.54, 1.807) is 13.2 Å². The van der Waals surface area contributed by atoms with Crippen molar-refractivity contribution in [3.05, 3.63) is 76.9 Å². The third kappa shape index (κ3) is 4.75. The Kier molecular flexibility index (Phi) is 6.33. The number of aromatic hydroxyl groups is 1. The van der Waals surface area contributed by atoms with E-state index < -0.39 is 5.91 Å². The van der Waals surface area contributed by atoms with Gasteiger partial charge < -0.3 is 29.5 Å². The van der Waals surface area contributed by atoms with Crippen LogP contribution in [0.2, 0.25) is 0 Å². The largest absolute Gasteiger partial charge is 0.507 e. The summed E-state index contributed by atoms with van der Waals surface area (Å²) < 4.78 is 18.0. The van der Waals surface area contributed by atoms with Crippen LogP contribution in [0.5, 0.6) is 28.7 Å². The van der Waals surface area contributed by atoms with Gasteiger partial charge in [-0.05, 0) is 84.8 Å². The predicted molar refractivity (Wildman–Crippen MR) is 145 cm³/mol. The summed E-state index contributed by atoms with van der Waals surface area (Å²) in [5.41, 5.74) is 2.85. The highest BCUT2D eigenvalue weighted by Crippen LogP contribution is 2.50. The van der Waals surface area contributed by atoms with Gasteiger partial charge in [0.25, 0.3) is 5.91 Å². The SMILES string of the molecule is COc1cc2c3cc1Oc1ccc(O)c(c1)C(=O)NCCCOc1cccc(c1)C2N(C(=O)C1(C)CC1)CC3. The molecule has 1 saturated carbocycles. The van der Waals surface area contributed by atoms with Crippen molar-refractivity contribution >= 4 is 11.8 Å². The predicted octanol–water partition coefficient (Wildman–Crippen LogP) is 4.98. The first-order valence-corrected chi connectivity index (χ1v) is 13.4. The van der Waals surface area contributed by atoms with Crippen molar-refractivity contribution < 1.29 is 28.9 Å². The maximum Gasteiger partial charge on any atom is 0.255 e. The molecule has 1 atom stereocenters. The lowest BCUT2D eigenvalue weighted by atomic mass is 9.86. The zero-order chi connectivity index (χ0) is 27.1. The van der Waals surface area contributed by atoms with Crippen molar-refractivity contribution in [2.45, 2.75) is 38.6 Å². The van der Waals surface area contributed by atoms with Crippen LogP contribution in [0.4, 0.5) is 0 Å². The summed E-state index contributed by atoms with van der Waals surface area (Å²) in [5, 5.41) is 13.1. The zero-order valence-corrected chi connectivity index (χ0v) is 22.2. The lowest BCUT2D eigenvalue weighted by molar-refractivity contribution is -0.138. The molecule has 3 aliphatic heterocycles. The quantitative estimate of drug-likeness (QED) is 0.487. The Balaban J connectivity index is 1.48. The second-order valence-electron chi connectivity index (χ2n) is 10.7. The summed E-state index contributed by atoms with van der Waals surface area (Å²) in [4.78, 5) is 28.5. The van der Waals surface area contributed by atoms with Gasteiger partial charge in [0.2, 0.25) is 5.91 Å². The highest BCUT2D eigenvalue weighted by atomic mass is 16.5.